The van der Waals surface area contributed by atoms with E-state index in [4.69, 9.17) is 16.3 Å². The van der Waals surface area contributed by atoms with Gasteiger partial charge in [0.25, 0.3) is 11.5 Å². The van der Waals surface area contributed by atoms with E-state index in [0.717, 1.165) is 25.0 Å². The molecule has 0 atom stereocenters. The first-order valence-electron chi connectivity index (χ1n) is 10.2. The van der Waals surface area contributed by atoms with E-state index < -0.39 is 0 Å². The summed E-state index contributed by atoms with van der Waals surface area (Å²) in [4.78, 5) is 34.4. The molecule has 6 nitrogen and oxygen atoms in total. The van der Waals surface area contributed by atoms with Crippen molar-refractivity contribution in [2.75, 3.05) is 13.2 Å². The van der Waals surface area contributed by atoms with Gasteiger partial charge in [-0.15, -0.1) is 0 Å². The van der Waals surface area contributed by atoms with Gasteiger partial charge < -0.3 is 14.6 Å². The van der Waals surface area contributed by atoms with Crippen LogP contribution in [0.25, 0.3) is 10.9 Å². The molecule has 0 aliphatic carbocycles. The molecular weight excluding hydrogens is 402 g/mol. The molecule has 3 aromatic rings. The average Bonchev–Trinajstić information content (AvgIpc) is 2.73. The summed E-state index contributed by atoms with van der Waals surface area (Å²) >= 11 is 6.03. The van der Waals surface area contributed by atoms with E-state index in [1.165, 1.54) is 0 Å². The van der Waals surface area contributed by atoms with Crippen LogP contribution in [0.2, 0.25) is 5.02 Å². The summed E-state index contributed by atoms with van der Waals surface area (Å²) in [6.45, 7) is 5.53. The van der Waals surface area contributed by atoms with Crippen molar-refractivity contribution in [3.63, 3.8) is 0 Å². The maximum atomic E-state index is 13.1. The largest absolute Gasteiger partial charge is 0.494 e. The third kappa shape index (κ3) is 5.39. The summed E-state index contributed by atoms with van der Waals surface area (Å²) in [5.74, 6) is 1.06. The van der Waals surface area contributed by atoms with Crippen molar-refractivity contribution in [2.24, 2.45) is 0 Å². The van der Waals surface area contributed by atoms with Crippen LogP contribution in [0.15, 0.2) is 47.3 Å². The molecule has 3 rings (SSSR count). The quantitative estimate of drug-likeness (QED) is 0.497. The van der Waals surface area contributed by atoms with Gasteiger partial charge in [0.1, 0.15) is 11.6 Å². The van der Waals surface area contributed by atoms with Crippen LogP contribution in [0.3, 0.4) is 0 Å². The molecule has 0 saturated carbocycles. The number of nitrogens with zero attached hydrogens (tertiary/aromatic N) is 2. The van der Waals surface area contributed by atoms with Crippen molar-refractivity contribution < 1.29 is 9.53 Å². The third-order valence-corrected chi connectivity index (χ3v) is 4.94. The number of nitrogens with one attached hydrogen (secondary N) is 1. The molecule has 1 heterocycles. The lowest BCUT2D eigenvalue weighted by Crippen LogP contribution is -2.32. The minimum Gasteiger partial charge on any atom is -0.494 e. The zero-order valence-electron chi connectivity index (χ0n) is 17.3. The fraction of sp³-hybridized carbons (Fsp3) is 0.348. The second-order valence-corrected chi connectivity index (χ2v) is 7.56. The Morgan fingerprint density at radius 2 is 1.90 bits per heavy atom. The van der Waals surface area contributed by atoms with E-state index in [2.05, 4.69) is 16.9 Å². The molecule has 0 aliphatic heterocycles. The lowest BCUT2D eigenvalue weighted by molar-refractivity contribution is 0.0739. The average molecular weight is 428 g/mol. The summed E-state index contributed by atoms with van der Waals surface area (Å²) in [7, 11) is 0. The van der Waals surface area contributed by atoms with Crippen molar-refractivity contribution in [2.45, 2.75) is 39.7 Å². The van der Waals surface area contributed by atoms with Crippen molar-refractivity contribution in [3.05, 3.63) is 69.2 Å². The number of unbranched alkanes of at least 4 members (excludes halogenated alkanes) is 1. The number of ether oxygens (including phenoxy) is 1. The van der Waals surface area contributed by atoms with Crippen molar-refractivity contribution >= 4 is 28.4 Å². The molecule has 0 fully saturated rings. The molecule has 0 bridgehead atoms. The number of rotatable bonds is 9. The number of hydrogen-bond donors (Lipinski definition) is 1. The monoisotopic (exact) mass is 427 g/mol. The van der Waals surface area contributed by atoms with Crippen LogP contribution in [0, 0.1) is 0 Å². The molecule has 0 unspecified atom stereocenters. The van der Waals surface area contributed by atoms with Crippen LogP contribution < -0.4 is 10.3 Å². The SMILES string of the molecule is CCCCOc1ccc(C(=O)N(CCC)Cc2nc3cc(Cl)ccc3c(=O)[nH]2)cc1. The Hall–Kier alpha value is -2.86. The van der Waals surface area contributed by atoms with E-state index in [0.29, 0.717) is 40.5 Å². The van der Waals surface area contributed by atoms with E-state index in [1.54, 1.807) is 35.2 Å². The molecule has 0 saturated heterocycles. The highest BCUT2D eigenvalue weighted by Crippen LogP contribution is 2.17. The van der Waals surface area contributed by atoms with Gasteiger partial charge in [-0.25, -0.2) is 4.98 Å². The van der Waals surface area contributed by atoms with Crippen LogP contribution in [-0.4, -0.2) is 33.9 Å². The minimum atomic E-state index is -0.246. The Kier molecular flexibility index (Phi) is 7.46. The van der Waals surface area contributed by atoms with Crippen molar-refractivity contribution in [1.82, 2.24) is 14.9 Å². The van der Waals surface area contributed by atoms with Gasteiger partial charge in [0.05, 0.1) is 24.1 Å². The maximum Gasteiger partial charge on any atom is 0.258 e. The van der Waals surface area contributed by atoms with Gasteiger partial charge in [0, 0.05) is 17.1 Å². The molecule has 2 aromatic carbocycles. The molecular formula is C23H26ClN3O3. The van der Waals surface area contributed by atoms with Gasteiger partial charge in [-0.05, 0) is 55.3 Å². The van der Waals surface area contributed by atoms with Crippen LogP contribution in [0.1, 0.15) is 49.3 Å². The summed E-state index contributed by atoms with van der Waals surface area (Å²) in [6.07, 6.45) is 2.85. The van der Waals surface area contributed by atoms with Gasteiger partial charge in [0.15, 0.2) is 0 Å². The topological polar surface area (TPSA) is 75.3 Å². The molecule has 0 spiro atoms. The summed E-state index contributed by atoms with van der Waals surface area (Å²) in [6, 6.07) is 12.1. The van der Waals surface area contributed by atoms with Gasteiger partial charge in [0.2, 0.25) is 0 Å². The number of carbonyl (C=O) groups excluding carboxylic acids is 1. The Morgan fingerprint density at radius 3 is 2.60 bits per heavy atom. The highest BCUT2D eigenvalue weighted by molar-refractivity contribution is 6.31. The number of H-pyrrole nitrogens is 1. The predicted octanol–water partition coefficient (Wildman–Crippen LogP) is 4.81. The highest BCUT2D eigenvalue weighted by Gasteiger charge is 2.17. The second kappa shape index (κ2) is 10.3. The minimum absolute atomic E-state index is 0.120. The van der Waals surface area contributed by atoms with Gasteiger partial charge in [-0.1, -0.05) is 31.9 Å². The van der Waals surface area contributed by atoms with E-state index in [-0.39, 0.29) is 18.0 Å². The number of amides is 1. The Balaban J connectivity index is 1.79. The first-order valence-corrected chi connectivity index (χ1v) is 10.6. The predicted molar refractivity (Wildman–Crippen MR) is 119 cm³/mol. The lowest BCUT2D eigenvalue weighted by Gasteiger charge is -2.22. The third-order valence-electron chi connectivity index (χ3n) is 4.71. The number of benzene rings is 2. The van der Waals surface area contributed by atoms with Gasteiger partial charge >= 0.3 is 0 Å². The smallest absolute Gasteiger partial charge is 0.258 e. The number of hydrogen-bond acceptors (Lipinski definition) is 4. The van der Waals surface area contributed by atoms with Crippen LogP contribution >= 0.6 is 11.6 Å². The molecule has 1 aromatic heterocycles. The standard InChI is InChI=1S/C23H26ClN3O3/c1-3-5-13-30-18-9-6-16(7-10-18)23(29)27(12-4-2)15-21-25-20-14-17(24)8-11-19(20)22(28)26-21/h6-11,14H,3-5,12-13,15H2,1-2H3,(H,25,26,28). The van der Waals surface area contributed by atoms with Crippen molar-refractivity contribution in [1.29, 1.82) is 0 Å². The summed E-state index contributed by atoms with van der Waals surface area (Å²) < 4.78 is 5.66. The fourth-order valence-electron chi connectivity index (χ4n) is 3.15. The molecule has 158 valence electrons. The molecule has 1 N–H and O–H groups in total. The number of halogens is 1. The molecule has 7 heteroatoms. The zero-order valence-corrected chi connectivity index (χ0v) is 18.0. The van der Waals surface area contributed by atoms with Crippen LogP contribution in [0.4, 0.5) is 0 Å². The van der Waals surface area contributed by atoms with Gasteiger partial charge in [-0.3, -0.25) is 9.59 Å². The number of aromatic nitrogens is 2. The van der Waals surface area contributed by atoms with E-state index in [9.17, 15) is 9.59 Å². The molecule has 0 aliphatic rings. The number of fused-ring (bicyclic) bond motifs is 1. The normalized spacial score (nSPS) is 10.9. The number of carbonyl (C=O) groups is 1. The lowest BCUT2D eigenvalue weighted by atomic mass is 10.2. The maximum absolute atomic E-state index is 13.1. The zero-order chi connectivity index (χ0) is 21.5. The van der Waals surface area contributed by atoms with E-state index in [1.807, 2.05) is 19.1 Å². The highest BCUT2D eigenvalue weighted by atomic mass is 35.5. The Labute approximate surface area is 180 Å². The van der Waals surface area contributed by atoms with Crippen LogP contribution in [0.5, 0.6) is 5.75 Å². The van der Waals surface area contributed by atoms with Crippen molar-refractivity contribution in [3.8, 4) is 5.75 Å². The summed E-state index contributed by atoms with van der Waals surface area (Å²) in [5.41, 5.74) is 0.834. The molecule has 1 amide bonds. The second-order valence-electron chi connectivity index (χ2n) is 7.13. The molecule has 30 heavy (non-hydrogen) atoms. The first kappa shape index (κ1) is 21.8. The molecule has 0 radical (unpaired) electrons. The Bertz CT molecular complexity index is 1060. The Morgan fingerprint density at radius 1 is 1.13 bits per heavy atom. The van der Waals surface area contributed by atoms with Gasteiger partial charge in [-0.2, -0.15) is 0 Å². The summed E-state index contributed by atoms with van der Waals surface area (Å²) in [5, 5.41) is 0.976. The first-order chi connectivity index (χ1) is 14.5. The van der Waals surface area contributed by atoms with Crippen LogP contribution in [-0.2, 0) is 6.54 Å². The number of aromatic amines is 1. The fourth-order valence-corrected chi connectivity index (χ4v) is 3.32. The van der Waals surface area contributed by atoms with E-state index >= 15 is 0 Å².